The van der Waals surface area contributed by atoms with E-state index in [2.05, 4.69) is 44.0 Å². The van der Waals surface area contributed by atoms with Crippen LogP contribution in [0.15, 0.2) is 12.1 Å². The Kier molecular flexibility index (Phi) is 6.21. The van der Waals surface area contributed by atoms with Crippen molar-refractivity contribution in [3.05, 3.63) is 23.8 Å². The molecule has 0 unspecified atom stereocenters. The predicted molar refractivity (Wildman–Crippen MR) is 118 cm³/mol. The molecule has 0 spiro atoms. The van der Waals surface area contributed by atoms with E-state index in [1.807, 2.05) is 0 Å². The van der Waals surface area contributed by atoms with Gasteiger partial charge in [-0.05, 0) is 14.1 Å². The van der Waals surface area contributed by atoms with Crippen molar-refractivity contribution in [2.45, 2.75) is 0 Å². The molecule has 7 nitrogen and oxygen atoms in total. The van der Waals surface area contributed by atoms with Gasteiger partial charge in [-0.25, -0.2) is 13.8 Å². The van der Waals surface area contributed by atoms with Crippen LogP contribution in [0.5, 0.6) is 0 Å². The number of rotatable bonds is 5. The number of nitrogen functional groups attached to an aromatic ring is 1. The number of pyridine rings is 1. The van der Waals surface area contributed by atoms with Crippen LogP contribution in [0.1, 0.15) is 0 Å². The Balaban J connectivity index is 1.61. The van der Waals surface area contributed by atoms with Crippen LogP contribution in [0.3, 0.4) is 0 Å². The maximum Gasteiger partial charge on any atom is 0.154 e. The van der Waals surface area contributed by atoms with Crippen molar-refractivity contribution >= 4 is 28.1 Å². The van der Waals surface area contributed by atoms with Crippen LogP contribution < -0.4 is 16.0 Å². The number of fused-ring (bicyclic) bond motifs is 1. The van der Waals surface area contributed by atoms with Crippen molar-refractivity contribution < 1.29 is 8.78 Å². The Bertz CT molecular complexity index is 891. The molecule has 1 aromatic heterocycles. The van der Waals surface area contributed by atoms with Crippen LogP contribution in [-0.4, -0.2) is 99.2 Å². The lowest BCUT2D eigenvalue weighted by Gasteiger charge is -2.34. The molecular weight excluding hydrogens is 388 g/mol. The molecule has 0 atom stereocenters. The van der Waals surface area contributed by atoms with Crippen LogP contribution in [0, 0.1) is 11.6 Å². The third-order valence-electron chi connectivity index (χ3n) is 6.15. The van der Waals surface area contributed by atoms with Gasteiger partial charge in [0.1, 0.15) is 11.6 Å². The fourth-order valence-electron chi connectivity index (χ4n) is 4.17. The fraction of sp³-hybridized carbons (Fsp3) is 0.571. The highest BCUT2D eigenvalue weighted by atomic mass is 19.1. The van der Waals surface area contributed by atoms with E-state index in [1.54, 1.807) is 0 Å². The molecule has 30 heavy (non-hydrogen) atoms. The van der Waals surface area contributed by atoms with Crippen LogP contribution in [0.25, 0.3) is 10.9 Å². The fourth-order valence-corrected chi connectivity index (χ4v) is 4.17. The van der Waals surface area contributed by atoms with Gasteiger partial charge in [0, 0.05) is 77.6 Å². The van der Waals surface area contributed by atoms with Gasteiger partial charge in [-0.2, -0.15) is 0 Å². The highest BCUT2D eigenvalue weighted by molar-refractivity contribution is 6.01. The second-order valence-electron chi connectivity index (χ2n) is 8.37. The molecule has 2 saturated heterocycles. The molecule has 3 N–H and O–H groups in total. The molecule has 1 aromatic carbocycles. The summed E-state index contributed by atoms with van der Waals surface area (Å²) < 4.78 is 28.6. The second kappa shape index (κ2) is 8.87. The zero-order chi connectivity index (χ0) is 21.3. The van der Waals surface area contributed by atoms with E-state index < -0.39 is 11.6 Å². The van der Waals surface area contributed by atoms with E-state index in [-0.39, 0.29) is 10.9 Å². The number of aromatic nitrogens is 1. The Morgan fingerprint density at radius 3 is 2.27 bits per heavy atom. The summed E-state index contributed by atoms with van der Waals surface area (Å²) in [4.78, 5) is 13.6. The minimum absolute atomic E-state index is 0.255. The van der Waals surface area contributed by atoms with E-state index in [4.69, 9.17) is 5.73 Å². The van der Waals surface area contributed by atoms with Gasteiger partial charge < -0.3 is 25.8 Å². The van der Waals surface area contributed by atoms with Crippen molar-refractivity contribution in [1.29, 1.82) is 0 Å². The second-order valence-corrected chi connectivity index (χ2v) is 8.37. The van der Waals surface area contributed by atoms with Crippen molar-refractivity contribution in [3.8, 4) is 0 Å². The van der Waals surface area contributed by atoms with Gasteiger partial charge in [0.05, 0.1) is 22.3 Å². The number of nitrogens with zero attached hydrogens (tertiary/aromatic N) is 5. The molecule has 164 valence electrons. The van der Waals surface area contributed by atoms with Crippen molar-refractivity contribution in [1.82, 2.24) is 19.7 Å². The average molecular weight is 420 g/mol. The number of piperazine rings is 2. The molecule has 2 aliphatic heterocycles. The first kappa shape index (κ1) is 21.0. The van der Waals surface area contributed by atoms with Gasteiger partial charge in [-0.1, -0.05) is 0 Å². The van der Waals surface area contributed by atoms with E-state index in [9.17, 15) is 8.78 Å². The summed E-state index contributed by atoms with van der Waals surface area (Å²) in [6.45, 7) is 8.91. The molecular formula is C21H31F2N7. The lowest BCUT2D eigenvalue weighted by molar-refractivity contribution is 0.158. The summed E-state index contributed by atoms with van der Waals surface area (Å²) in [7, 11) is 4.20. The Morgan fingerprint density at radius 2 is 1.60 bits per heavy atom. The first-order valence-corrected chi connectivity index (χ1v) is 10.6. The zero-order valence-electron chi connectivity index (χ0n) is 17.8. The van der Waals surface area contributed by atoms with Crippen LogP contribution in [0.2, 0.25) is 0 Å². The molecule has 4 rings (SSSR count). The minimum Gasteiger partial charge on any atom is -0.394 e. The number of hydrogen-bond acceptors (Lipinski definition) is 7. The number of nitrogens with one attached hydrogen (secondary N) is 1. The Morgan fingerprint density at radius 1 is 0.967 bits per heavy atom. The lowest BCUT2D eigenvalue weighted by atomic mass is 10.1. The minimum atomic E-state index is -0.642. The smallest absolute Gasteiger partial charge is 0.154 e. The third-order valence-corrected chi connectivity index (χ3v) is 6.15. The van der Waals surface area contributed by atoms with Crippen molar-refractivity contribution in [2.75, 3.05) is 95.5 Å². The number of likely N-dealkylation sites (N-methyl/N-ethyl adjacent to an activating group) is 2. The van der Waals surface area contributed by atoms with Crippen molar-refractivity contribution in [3.63, 3.8) is 0 Å². The molecule has 2 aromatic rings. The third kappa shape index (κ3) is 4.43. The maximum absolute atomic E-state index is 14.7. The van der Waals surface area contributed by atoms with Gasteiger partial charge in [-0.15, -0.1) is 0 Å². The van der Waals surface area contributed by atoms with Gasteiger partial charge in [0.2, 0.25) is 0 Å². The number of halogens is 2. The molecule has 9 heteroatoms. The monoisotopic (exact) mass is 419 g/mol. The molecule has 3 heterocycles. The Hall–Kier alpha value is -2.23. The maximum atomic E-state index is 14.7. The van der Waals surface area contributed by atoms with E-state index in [0.717, 1.165) is 65.0 Å². The summed E-state index contributed by atoms with van der Waals surface area (Å²) >= 11 is 0. The number of anilines is 3. The first-order valence-electron chi connectivity index (χ1n) is 10.6. The molecule has 0 bridgehead atoms. The average Bonchev–Trinajstić information content (AvgIpc) is 2.71. The summed E-state index contributed by atoms with van der Waals surface area (Å²) in [5.74, 6) is -0.677. The van der Waals surface area contributed by atoms with Crippen LogP contribution >= 0.6 is 0 Å². The zero-order valence-corrected chi connectivity index (χ0v) is 17.8. The molecule has 2 aliphatic rings. The molecule has 0 saturated carbocycles. The summed E-state index contributed by atoms with van der Waals surface area (Å²) in [5, 5.41) is 3.60. The highest BCUT2D eigenvalue weighted by Crippen LogP contribution is 2.37. The van der Waals surface area contributed by atoms with E-state index in [1.165, 1.54) is 6.07 Å². The van der Waals surface area contributed by atoms with E-state index >= 15 is 0 Å². The van der Waals surface area contributed by atoms with Crippen LogP contribution in [-0.2, 0) is 0 Å². The largest absolute Gasteiger partial charge is 0.394 e. The van der Waals surface area contributed by atoms with Gasteiger partial charge in [0.15, 0.2) is 5.82 Å². The molecule has 0 amide bonds. The number of hydrogen-bond donors (Lipinski definition) is 2. The van der Waals surface area contributed by atoms with Crippen LogP contribution in [0.4, 0.5) is 26.0 Å². The SMILES string of the molecule is CN1CCN(CCNc2c(N)c(N3CCN(C)CC3)nc3cc(F)cc(F)c23)CC1. The summed E-state index contributed by atoms with van der Waals surface area (Å²) in [6, 6.07) is 2.17. The summed E-state index contributed by atoms with van der Waals surface area (Å²) in [5.41, 5.74) is 7.73. The van der Waals surface area contributed by atoms with Gasteiger partial charge >= 0.3 is 0 Å². The standard InChI is InChI=1S/C21H31F2N7/c1-27-5-9-29(10-6-27)4-3-25-20-18-16(23)13-15(22)14-17(18)26-21(19(20)24)30-11-7-28(2)8-12-30/h13-14H,3-12,24H2,1-2H3,(H,25,26). The topological polar surface area (TPSA) is 63.9 Å². The predicted octanol–water partition coefficient (Wildman–Crippen LogP) is 1.51. The number of benzene rings is 1. The Labute approximate surface area is 176 Å². The van der Waals surface area contributed by atoms with Gasteiger partial charge in [-0.3, -0.25) is 4.90 Å². The van der Waals surface area contributed by atoms with Gasteiger partial charge in [0.25, 0.3) is 0 Å². The molecule has 0 aliphatic carbocycles. The normalized spacial score (nSPS) is 19.5. The lowest BCUT2D eigenvalue weighted by Crippen LogP contribution is -2.46. The molecule has 2 fully saturated rings. The molecule has 0 radical (unpaired) electrons. The first-order chi connectivity index (χ1) is 14.4. The highest BCUT2D eigenvalue weighted by Gasteiger charge is 2.23. The summed E-state index contributed by atoms with van der Waals surface area (Å²) in [6.07, 6.45) is 0. The van der Waals surface area contributed by atoms with E-state index in [0.29, 0.717) is 23.7 Å². The quantitative estimate of drug-likeness (QED) is 0.762. The number of nitrogens with two attached hydrogens (primary N) is 1. The van der Waals surface area contributed by atoms with Crippen molar-refractivity contribution in [2.24, 2.45) is 0 Å².